The Labute approximate surface area is 174 Å². The van der Waals surface area contributed by atoms with Crippen molar-refractivity contribution in [1.29, 1.82) is 0 Å². The largest absolute Gasteiger partial charge is 0.493 e. The highest BCUT2D eigenvalue weighted by Crippen LogP contribution is 2.30. The predicted octanol–water partition coefficient (Wildman–Crippen LogP) is 4.72. The fraction of sp³-hybridized carbons (Fsp3) is 0.211. The number of methoxy groups -OCH3 is 1. The van der Waals surface area contributed by atoms with Crippen molar-refractivity contribution in [3.8, 4) is 22.3 Å². The molecule has 0 atom stereocenters. The van der Waals surface area contributed by atoms with E-state index < -0.39 is 5.97 Å². The Kier molecular flexibility index (Phi) is 6.83. The van der Waals surface area contributed by atoms with Crippen LogP contribution in [0.5, 0.6) is 11.5 Å². The molecule has 0 spiro atoms. The van der Waals surface area contributed by atoms with Gasteiger partial charge in [-0.3, -0.25) is 0 Å². The van der Waals surface area contributed by atoms with E-state index in [0.29, 0.717) is 24.0 Å². The third kappa shape index (κ3) is 5.20. The lowest BCUT2D eigenvalue weighted by Crippen LogP contribution is -2.01. The number of esters is 1. The number of halogens is 1. The lowest BCUT2D eigenvalue weighted by molar-refractivity contribution is -0.139. The monoisotopic (exact) mass is 464 g/mol. The quantitative estimate of drug-likeness (QED) is 0.352. The van der Waals surface area contributed by atoms with Gasteiger partial charge in [-0.1, -0.05) is 6.07 Å². The van der Waals surface area contributed by atoms with Crippen molar-refractivity contribution >= 4 is 39.3 Å². The first-order valence-corrected chi connectivity index (χ1v) is 9.93. The number of hydrogen-bond donors (Lipinski definition) is 0. The average molecular weight is 465 g/mol. The maximum atomic E-state index is 11.9. The fourth-order valence-electron chi connectivity index (χ4n) is 2.25. The molecular formula is C19H17BrN2O5S. The number of hydrogen-bond acceptors (Lipinski definition) is 8. The summed E-state index contributed by atoms with van der Waals surface area (Å²) in [7, 11) is 1.56. The highest BCUT2D eigenvalue weighted by Gasteiger charge is 2.12. The summed E-state index contributed by atoms with van der Waals surface area (Å²) in [4.78, 5) is 12.8. The summed E-state index contributed by atoms with van der Waals surface area (Å²) in [5.74, 6) is 1.33. The zero-order valence-corrected chi connectivity index (χ0v) is 17.6. The minimum Gasteiger partial charge on any atom is -0.493 e. The van der Waals surface area contributed by atoms with Gasteiger partial charge in [0.25, 0.3) is 11.8 Å². The number of aromatic nitrogens is 2. The van der Waals surface area contributed by atoms with Crippen LogP contribution in [0, 0.1) is 0 Å². The molecule has 7 nitrogen and oxygen atoms in total. The molecule has 0 unspecified atom stereocenters. The van der Waals surface area contributed by atoms with Gasteiger partial charge in [0.15, 0.2) is 18.1 Å². The van der Waals surface area contributed by atoms with E-state index in [1.54, 1.807) is 25.3 Å². The Morgan fingerprint density at radius 3 is 2.82 bits per heavy atom. The number of benzene rings is 1. The molecule has 0 radical (unpaired) electrons. The molecule has 0 saturated heterocycles. The Morgan fingerprint density at radius 2 is 2.11 bits per heavy atom. The first-order chi connectivity index (χ1) is 13.6. The van der Waals surface area contributed by atoms with Gasteiger partial charge in [-0.25, -0.2) is 4.79 Å². The van der Waals surface area contributed by atoms with Crippen LogP contribution in [0.2, 0.25) is 0 Å². The standard InChI is InChI=1S/C19H17BrN2O5S/c1-3-25-13-6-4-12(10-14(13)24-2)5-9-18(23)26-11-17-21-22-19(27-17)15-7-8-16(20)28-15/h4-10H,3,11H2,1-2H3/b9-5+. The summed E-state index contributed by atoms with van der Waals surface area (Å²) in [6.07, 6.45) is 2.95. The van der Waals surface area contributed by atoms with Gasteiger partial charge in [0.2, 0.25) is 0 Å². The zero-order valence-electron chi connectivity index (χ0n) is 15.2. The normalized spacial score (nSPS) is 11.0. The van der Waals surface area contributed by atoms with Crippen LogP contribution >= 0.6 is 27.3 Å². The van der Waals surface area contributed by atoms with E-state index in [1.807, 2.05) is 25.1 Å². The zero-order chi connectivity index (χ0) is 19.9. The van der Waals surface area contributed by atoms with Crippen molar-refractivity contribution in [2.45, 2.75) is 13.5 Å². The number of ether oxygens (including phenoxy) is 3. The van der Waals surface area contributed by atoms with Crippen LogP contribution in [0.4, 0.5) is 0 Å². The average Bonchev–Trinajstić information content (AvgIpc) is 3.34. The molecule has 0 N–H and O–H groups in total. The molecular weight excluding hydrogens is 448 g/mol. The van der Waals surface area contributed by atoms with Crippen LogP contribution < -0.4 is 9.47 Å². The molecule has 28 heavy (non-hydrogen) atoms. The molecule has 2 aromatic heterocycles. The fourth-order valence-corrected chi connectivity index (χ4v) is 3.56. The minimum atomic E-state index is -0.522. The van der Waals surface area contributed by atoms with Gasteiger partial charge >= 0.3 is 5.97 Å². The number of thiophene rings is 1. The van der Waals surface area contributed by atoms with Crippen LogP contribution in [0.1, 0.15) is 18.4 Å². The number of rotatable bonds is 8. The van der Waals surface area contributed by atoms with Crippen LogP contribution in [-0.2, 0) is 16.1 Å². The molecule has 0 aliphatic carbocycles. The van der Waals surface area contributed by atoms with E-state index in [0.717, 1.165) is 14.2 Å². The molecule has 0 fully saturated rings. The van der Waals surface area contributed by atoms with E-state index in [4.69, 9.17) is 18.6 Å². The molecule has 0 amide bonds. The predicted molar refractivity (Wildman–Crippen MR) is 108 cm³/mol. The molecule has 0 aliphatic heterocycles. The van der Waals surface area contributed by atoms with Crippen molar-refractivity contribution in [3.63, 3.8) is 0 Å². The van der Waals surface area contributed by atoms with Crippen LogP contribution in [0.25, 0.3) is 16.8 Å². The summed E-state index contributed by atoms with van der Waals surface area (Å²) >= 11 is 4.85. The summed E-state index contributed by atoms with van der Waals surface area (Å²) in [5, 5.41) is 7.84. The van der Waals surface area contributed by atoms with Crippen LogP contribution in [0.15, 0.2) is 44.6 Å². The maximum absolute atomic E-state index is 11.9. The van der Waals surface area contributed by atoms with Gasteiger partial charge in [0, 0.05) is 6.08 Å². The number of nitrogens with zero attached hydrogens (tertiary/aromatic N) is 2. The number of carbonyl (C=O) groups excluding carboxylic acids is 1. The second kappa shape index (κ2) is 9.52. The second-order valence-corrected chi connectivity index (χ2v) is 7.85. The Hall–Kier alpha value is -2.65. The van der Waals surface area contributed by atoms with E-state index in [1.165, 1.54) is 17.4 Å². The third-order valence-electron chi connectivity index (χ3n) is 3.49. The highest BCUT2D eigenvalue weighted by atomic mass is 79.9. The first-order valence-electron chi connectivity index (χ1n) is 8.32. The Balaban J connectivity index is 1.56. The maximum Gasteiger partial charge on any atom is 0.331 e. The Morgan fingerprint density at radius 1 is 1.25 bits per heavy atom. The molecule has 3 aromatic rings. The van der Waals surface area contributed by atoms with Gasteiger partial charge in [0.05, 0.1) is 22.4 Å². The second-order valence-electron chi connectivity index (χ2n) is 5.39. The summed E-state index contributed by atoms with van der Waals surface area (Å²) in [6.45, 7) is 2.34. The van der Waals surface area contributed by atoms with E-state index in [-0.39, 0.29) is 12.5 Å². The van der Waals surface area contributed by atoms with Crippen molar-refractivity contribution < 1.29 is 23.4 Å². The molecule has 0 saturated carbocycles. The Bertz CT molecular complexity index is 982. The van der Waals surface area contributed by atoms with Crippen LogP contribution in [-0.4, -0.2) is 29.9 Å². The van der Waals surface area contributed by atoms with Crippen LogP contribution in [0.3, 0.4) is 0 Å². The van der Waals surface area contributed by atoms with Gasteiger partial charge in [-0.2, -0.15) is 0 Å². The third-order valence-corrected chi connectivity index (χ3v) is 5.10. The smallest absolute Gasteiger partial charge is 0.331 e. The molecule has 0 aliphatic rings. The number of carbonyl (C=O) groups is 1. The first kappa shape index (κ1) is 20.1. The molecule has 1 aromatic carbocycles. The SMILES string of the molecule is CCOc1ccc(/C=C/C(=O)OCc2nnc(-c3ccc(Br)s3)o2)cc1OC. The molecule has 3 rings (SSSR count). The molecule has 0 bridgehead atoms. The lowest BCUT2D eigenvalue weighted by Gasteiger charge is -2.09. The van der Waals surface area contributed by atoms with Gasteiger partial charge in [-0.15, -0.1) is 21.5 Å². The molecule has 2 heterocycles. The van der Waals surface area contributed by atoms with Crippen molar-refractivity contribution in [2.75, 3.05) is 13.7 Å². The topological polar surface area (TPSA) is 83.7 Å². The summed E-state index contributed by atoms with van der Waals surface area (Å²) < 4.78 is 22.4. The van der Waals surface area contributed by atoms with E-state index >= 15 is 0 Å². The van der Waals surface area contributed by atoms with Crippen molar-refractivity contribution in [1.82, 2.24) is 10.2 Å². The highest BCUT2D eigenvalue weighted by molar-refractivity contribution is 9.11. The van der Waals surface area contributed by atoms with Crippen molar-refractivity contribution in [3.05, 3.63) is 51.6 Å². The van der Waals surface area contributed by atoms with Gasteiger partial charge in [-0.05, 0) is 58.8 Å². The van der Waals surface area contributed by atoms with Crippen molar-refractivity contribution in [2.24, 2.45) is 0 Å². The summed E-state index contributed by atoms with van der Waals surface area (Å²) in [6, 6.07) is 9.14. The molecule has 146 valence electrons. The minimum absolute atomic E-state index is 0.102. The van der Waals surface area contributed by atoms with Gasteiger partial charge in [0.1, 0.15) is 0 Å². The lowest BCUT2D eigenvalue weighted by atomic mass is 10.2. The van der Waals surface area contributed by atoms with E-state index in [2.05, 4.69) is 26.1 Å². The summed E-state index contributed by atoms with van der Waals surface area (Å²) in [5.41, 5.74) is 0.778. The molecule has 9 heteroatoms. The van der Waals surface area contributed by atoms with E-state index in [9.17, 15) is 4.79 Å². The van der Waals surface area contributed by atoms with Gasteiger partial charge < -0.3 is 18.6 Å².